The van der Waals surface area contributed by atoms with Crippen LogP contribution in [0.1, 0.15) is 12.0 Å². The first kappa shape index (κ1) is 16.3. The van der Waals surface area contributed by atoms with Crippen molar-refractivity contribution >= 4 is 27.8 Å². The van der Waals surface area contributed by atoms with Gasteiger partial charge in [0.2, 0.25) is 5.91 Å². The van der Waals surface area contributed by atoms with E-state index in [2.05, 4.69) is 27.8 Å². The molecule has 0 aromatic heterocycles. The van der Waals surface area contributed by atoms with Gasteiger partial charge in [0.1, 0.15) is 17.7 Å². The van der Waals surface area contributed by atoms with Crippen molar-refractivity contribution in [3.8, 4) is 0 Å². The minimum atomic E-state index is -1.22. The number of halogens is 3. The van der Waals surface area contributed by atoms with Crippen LogP contribution in [0.2, 0.25) is 0 Å². The summed E-state index contributed by atoms with van der Waals surface area (Å²) in [4.78, 5) is 22.6. The second kappa shape index (κ2) is 7.14. The van der Waals surface area contributed by atoms with Crippen molar-refractivity contribution in [3.63, 3.8) is 0 Å². The van der Waals surface area contributed by atoms with Gasteiger partial charge >= 0.3 is 5.97 Å². The first-order valence-corrected chi connectivity index (χ1v) is 6.37. The maximum Gasteiger partial charge on any atom is 0.326 e. The quantitative estimate of drug-likeness (QED) is 0.830. The molecule has 1 rings (SSSR count). The molecule has 7 heteroatoms. The van der Waals surface area contributed by atoms with Crippen LogP contribution < -0.4 is 5.32 Å². The van der Waals surface area contributed by atoms with Crippen molar-refractivity contribution in [3.05, 3.63) is 46.5 Å². The fraction of sp³-hybridized carbons (Fsp3) is 0.231. The summed E-state index contributed by atoms with van der Waals surface area (Å²) in [5.74, 6) is -3.45. The smallest absolute Gasteiger partial charge is 0.326 e. The number of hydrogen-bond donors (Lipinski definition) is 2. The lowest BCUT2D eigenvalue weighted by Crippen LogP contribution is -2.41. The number of amides is 1. The highest BCUT2D eigenvalue weighted by atomic mass is 79.9. The Morgan fingerprint density at radius 3 is 2.30 bits per heavy atom. The van der Waals surface area contributed by atoms with E-state index >= 15 is 0 Å². The molecule has 4 nitrogen and oxygen atoms in total. The monoisotopic (exact) mass is 347 g/mol. The number of hydrogen-bond acceptors (Lipinski definition) is 2. The van der Waals surface area contributed by atoms with Gasteiger partial charge in [0, 0.05) is 12.5 Å². The van der Waals surface area contributed by atoms with Crippen molar-refractivity contribution in [2.45, 2.75) is 18.9 Å². The number of carbonyl (C=O) groups excluding carboxylic acids is 1. The van der Waals surface area contributed by atoms with Gasteiger partial charge in [0.15, 0.2) is 0 Å². The van der Waals surface area contributed by atoms with Gasteiger partial charge in [-0.1, -0.05) is 22.5 Å². The lowest BCUT2D eigenvalue weighted by Gasteiger charge is -2.14. The number of benzene rings is 1. The lowest BCUT2D eigenvalue weighted by molar-refractivity contribution is -0.141. The van der Waals surface area contributed by atoms with Crippen LogP contribution in [0, 0.1) is 11.6 Å². The predicted octanol–water partition coefficient (Wildman–Crippen LogP) is 2.38. The molecule has 0 unspecified atom stereocenters. The van der Waals surface area contributed by atoms with Crippen LogP contribution in [-0.2, 0) is 16.0 Å². The minimum Gasteiger partial charge on any atom is -0.480 e. The summed E-state index contributed by atoms with van der Waals surface area (Å²) in [5.41, 5.74) is 0.127. The number of carboxylic acids is 1. The summed E-state index contributed by atoms with van der Waals surface area (Å²) in [7, 11) is 0. The molecule has 0 aliphatic carbocycles. The van der Waals surface area contributed by atoms with Crippen molar-refractivity contribution in [1.29, 1.82) is 0 Å². The van der Waals surface area contributed by atoms with E-state index in [1.807, 2.05) is 0 Å². The Bertz CT molecular complexity index is 528. The van der Waals surface area contributed by atoms with Crippen LogP contribution in [0.3, 0.4) is 0 Å². The molecule has 0 radical (unpaired) electrons. The second-order valence-electron chi connectivity index (χ2n) is 4.13. The molecule has 1 aromatic carbocycles. The molecule has 0 saturated heterocycles. The van der Waals surface area contributed by atoms with Crippen LogP contribution >= 0.6 is 15.9 Å². The molecule has 1 atom stereocenters. The highest BCUT2D eigenvalue weighted by molar-refractivity contribution is 9.11. The Hall–Kier alpha value is -1.76. The molecule has 1 aromatic rings. The summed E-state index contributed by atoms with van der Waals surface area (Å²) in [5, 5.41) is 11.2. The van der Waals surface area contributed by atoms with Crippen molar-refractivity contribution < 1.29 is 23.5 Å². The maximum absolute atomic E-state index is 13.0. The zero-order chi connectivity index (χ0) is 15.3. The minimum absolute atomic E-state index is 0.0125. The van der Waals surface area contributed by atoms with Gasteiger partial charge in [-0.05, 0) is 22.2 Å². The average Bonchev–Trinajstić information content (AvgIpc) is 2.25. The molecule has 0 saturated carbocycles. The van der Waals surface area contributed by atoms with Gasteiger partial charge in [-0.15, -0.1) is 0 Å². The highest BCUT2D eigenvalue weighted by Gasteiger charge is 2.20. The van der Waals surface area contributed by atoms with Gasteiger partial charge in [-0.25, -0.2) is 13.6 Å². The molecular formula is C13H12BrF2NO3. The molecule has 0 aliphatic heterocycles. The number of rotatable bonds is 6. The zero-order valence-electron chi connectivity index (χ0n) is 10.3. The number of carbonyl (C=O) groups is 2. The third-order valence-electron chi connectivity index (χ3n) is 2.35. The zero-order valence-corrected chi connectivity index (χ0v) is 11.9. The Morgan fingerprint density at radius 1 is 1.30 bits per heavy atom. The lowest BCUT2D eigenvalue weighted by atomic mass is 10.1. The fourth-order valence-electron chi connectivity index (χ4n) is 1.57. The molecule has 0 fully saturated rings. The van der Waals surface area contributed by atoms with Crippen molar-refractivity contribution in [1.82, 2.24) is 5.32 Å². The van der Waals surface area contributed by atoms with E-state index in [4.69, 9.17) is 5.11 Å². The topological polar surface area (TPSA) is 66.4 Å². The number of carboxylic acid groups (broad SMARTS) is 1. The molecule has 20 heavy (non-hydrogen) atoms. The summed E-state index contributed by atoms with van der Waals surface area (Å²) >= 11 is 3.01. The summed E-state index contributed by atoms with van der Waals surface area (Å²) in [6.45, 7) is 3.49. The van der Waals surface area contributed by atoms with E-state index in [-0.39, 0.29) is 18.4 Å². The molecule has 2 N–H and O–H groups in total. The maximum atomic E-state index is 13.0. The SMILES string of the molecule is C=C(Br)C[C@H](NC(=O)Cc1cc(F)cc(F)c1)C(=O)O. The summed E-state index contributed by atoms with van der Waals surface area (Å²) < 4.78 is 26.3. The highest BCUT2D eigenvalue weighted by Crippen LogP contribution is 2.12. The molecule has 108 valence electrons. The van der Waals surface area contributed by atoms with E-state index in [9.17, 15) is 18.4 Å². The fourth-order valence-corrected chi connectivity index (χ4v) is 1.89. The van der Waals surface area contributed by atoms with Gasteiger partial charge in [-0.2, -0.15) is 0 Å². The largest absolute Gasteiger partial charge is 0.480 e. The Kier molecular flexibility index (Phi) is 5.82. The van der Waals surface area contributed by atoms with Crippen molar-refractivity contribution in [2.24, 2.45) is 0 Å². The normalized spacial score (nSPS) is 11.8. The molecule has 0 aliphatic rings. The number of nitrogens with one attached hydrogen (secondary N) is 1. The van der Waals surface area contributed by atoms with Crippen molar-refractivity contribution in [2.75, 3.05) is 0 Å². The van der Waals surface area contributed by atoms with Crippen LogP contribution in [-0.4, -0.2) is 23.0 Å². The van der Waals surface area contributed by atoms with E-state index in [1.54, 1.807) is 0 Å². The van der Waals surface area contributed by atoms with Crippen LogP contribution in [0.5, 0.6) is 0 Å². The van der Waals surface area contributed by atoms with Crippen LogP contribution in [0.4, 0.5) is 8.78 Å². The van der Waals surface area contributed by atoms with Crippen LogP contribution in [0.15, 0.2) is 29.3 Å². The third kappa shape index (κ3) is 5.48. The van der Waals surface area contributed by atoms with Gasteiger partial charge < -0.3 is 10.4 Å². The van der Waals surface area contributed by atoms with Crippen LogP contribution in [0.25, 0.3) is 0 Å². The van der Waals surface area contributed by atoms with Gasteiger partial charge in [0.05, 0.1) is 6.42 Å². The van der Waals surface area contributed by atoms with E-state index in [0.29, 0.717) is 10.5 Å². The number of aliphatic carboxylic acids is 1. The average molecular weight is 348 g/mol. The first-order chi connectivity index (χ1) is 9.27. The van der Waals surface area contributed by atoms with Gasteiger partial charge in [-0.3, -0.25) is 4.79 Å². The molecule has 0 heterocycles. The molecule has 1 amide bonds. The van der Waals surface area contributed by atoms with E-state index in [0.717, 1.165) is 12.1 Å². The standard InChI is InChI=1S/C13H12BrF2NO3/c1-7(14)2-11(13(19)20)17-12(18)5-8-3-9(15)6-10(16)4-8/h3-4,6,11H,1-2,5H2,(H,17,18)(H,19,20)/t11-/m0/s1. The summed E-state index contributed by atoms with van der Waals surface area (Å²) in [6.07, 6.45) is -0.300. The van der Waals surface area contributed by atoms with Gasteiger partial charge in [0.25, 0.3) is 0 Å². The summed E-state index contributed by atoms with van der Waals surface area (Å²) in [6, 6.07) is 1.58. The van der Waals surface area contributed by atoms with E-state index < -0.39 is 29.6 Å². The molecule has 0 spiro atoms. The molecular weight excluding hydrogens is 336 g/mol. The Balaban J connectivity index is 2.70. The predicted molar refractivity (Wildman–Crippen MR) is 72.3 cm³/mol. The first-order valence-electron chi connectivity index (χ1n) is 5.58. The Labute approximate surface area is 122 Å². The second-order valence-corrected chi connectivity index (χ2v) is 5.26. The third-order valence-corrected chi connectivity index (χ3v) is 2.67. The van der Waals surface area contributed by atoms with E-state index in [1.165, 1.54) is 0 Å². The molecule has 0 bridgehead atoms. The Morgan fingerprint density at radius 2 is 1.85 bits per heavy atom.